The monoisotopic (exact) mass is 254 g/mol. The molecule has 0 aromatic heterocycles. The topological polar surface area (TPSA) is 43.8 Å². The Morgan fingerprint density at radius 2 is 1.78 bits per heavy atom. The number of aliphatic hydroxyl groups is 1. The van der Waals surface area contributed by atoms with Crippen molar-refractivity contribution in [3.8, 4) is 0 Å². The molecule has 0 bridgehead atoms. The number of carbonyl (C=O) groups is 1. The number of likely N-dealkylation sites (tertiary alicyclic amines) is 2. The summed E-state index contributed by atoms with van der Waals surface area (Å²) < 4.78 is 0. The third-order valence-electron chi connectivity index (χ3n) is 4.54. The highest BCUT2D eigenvalue weighted by Crippen LogP contribution is 2.23. The third kappa shape index (κ3) is 2.97. The van der Waals surface area contributed by atoms with Crippen LogP contribution in [0.3, 0.4) is 0 Å². The van der Waals surface area contributed by atoms with E-state index in [2.05, 4.69) is 13.8 Å². The maximum absolute atomic E-state index is 12.4. The molecule has 2 aliphatic rings. The number of hydrogen-bond donors (Lipinski definition) is 1. The molecule has 0 saturated carbocycles. The minimum absolute atomic E-state index is 0.187. The van der Waals surface area contributed by atoms with E-state index in [4.69, 9.17) is 0 Å². The van der Waals surface area contributed by atoms with Gasteiger partial charge in [-0.05, 0) is 31.6 Å². The molecule has 0 aromatic carbocycles. The summed E-state index contributed by atoms with van der Waals surface area (Å²) in [5.41, 5.74) is 0. The first-order valence-corrected chi connectivity index (χ1v) is 7.33. The van der Waals surface area contributed by atoms with E-state index in [-0.39, 0.29) is 18.1 Å². The van der Waals surface area contributed by atoms with Gasteiger partial charge >= 0.3 is 6.03 Å². The first-order chi connectivity index (χ1) is 8.61. The molecule has 2 heterocycles. The lowest BCUT2D eigenvalue weighted by atomic mass is 9.92. The normalized spacial score (nSPS) is 30.6. The molecule has 4 heteroatoms. The summed E-state index contributed by atoms with van der Waals surface area (Å²) in [5.74, 6) is 1.01. The van der Waals surface area contributed by atoms with Crippen LogP contribution in [0.2, 0.25) is 0 Å². The summed E-state index contributed by atoms with van der Waals surface area (Å²) in [6.45, 7) is 7.58. The molecule has 104 valence electrons. The van der Waals surface area contributed by atoms with Gasteiger partial charge < -0.3 is 14.9 Å². The highest BCUT2D eigenvalue weighted by Gasteiger charge is 2.32. The fraction of sp³-hybridized carbons (Fsp3) is 0.929. The third-order valence-corrected chi connectivity index (χ3v) is 4.54. The van der Waals surface area contributed by atoms with Gasteiger partial charge in [0.2, 0.25) is 0 Å². The molecule has 0 radical (unpaired) electrons. The van der Waals surface area contributed by atoms with Crippen LogP contribution in [0.4, 0.5) is 4.79 Å². The van der Waals surface area contributed by atoms with Crippen molar-refractivity contribution in [2.45, 2.75) is 45.6 Å². The lowest BCUT2D eigenvalue weighted by Gasteiger charge is -2.40. The molecule has 1 N–H and O–H groups in total. The van der Waals surface area contributed by atoms with Gasteiger partial charge in [0.15, 0.2) is 0 Å². The van der Waals surface area contributed by atoms with Gasteiger partial charge in [-0.2, -0.15) is 0 Å². The Morgan fingerprint density at radius 1 is 1.17 bits per heavy atom. The van der Waals surface area contributed by atoms with Gasteiger partial charge in [-0.1, -0.05) is 13.8 Å². The fourth-order valence-electron chi connectivity index (χ4n) is 2.99. The number of carbonyl (C=O) groups excluding carboxylic acids is 1. The van der Waals surface area contributed by atoms with Gasteiger partial charge in [-0.3, -0.25) is 0 Å². The van der Waals surface area contributed by atoms with E-state index < -0.39 is 0 Å². The van der Waals surface area contributed by atoms with Crippen LogP contribution < -0.4 is 0 Å². The summed E-state index contributed by atoms with van der Waals surface area (Å²) in [4.78, 5) is 16.3. The van der Waals surface area contributed by atoms with E-state index in [1.165, 1.54) is 0 Å². The Balaban J connectivity index is 1.89. The number of urea groups is 1. The molecule has 2 amide bonds. The van der Waals surface area contributed by atoms with E-state index in [0.717, 1.165) is 51.2 Å². The molecule has 0 spiro atoms. The van der Waals surface area contributed by atoms with Crippen molar-refractivity contribution < 1.29 is 9.90 Å². The van der Waals surface area contributed by atoms with Crippen molar-refractivity contribution in [1.82, 2.24) is 9.80 Å². The number of piperidine rings is 2. The molecule has 2 unspecified atom stereocenters. The first kappa shape index (κ1) is 13.7. The number of nitrogens with zero attached hydrogens (tertiary/aromatic N) is 2. The molecular weight excluding hydrogens is 228 g/mol. The predicted octanol–water partition coefficient (Wildman–Crippen LogP) is 1.93. The van der Waals surface area contributed by atoms with Crippen molar-refractivity contribution in [1.29, 1.82) is 0 Å². The van der Waals surface area contributed by atoms with Crippen LogP contribution in [0.1, 0.15) is 39.5 Å². The number of amides is 2. The number of aliphatic hydroxyl groups excluding tert-OH is 1. The van der Waals surface area contributed by atoms with E-state index in [1.54, 1.807) is 0 Å². The highest BCUT2D eigenvalue weighted by molar-refractivity contribution is 5.74. The number of hydrogen-bond acceptors (Lipinski definition) is 2. The first-order valence-electron chi connectivity index (χ1n) is 7.33. The van der Waals surface area contributed by atoms with Gasteiger partial charge in [0.1, 0.15) is 0 Å². The lowest BCUT2D eigenvalue weighted by molar-refractivity contribution is 0.0292. The molecular formula is C14H26N2O2. The summed E-state index contributed by atoms with van der Waals surface area (Å²) in [5, 5.41) is 9.86. The van der Waals surface area contributed by atoms with E-state index in [9.17, 15) is 9.90 Å². The van der Waals surface area contributed by atoms with Crippen molar-refractivity contribution in [2.75, 3.05) is 26.2 Å². The van der Waals surface area contributed by atoms with E-state index in [1.807, 2.05) is 9.80 Å². The Labute approximate surface area is 110 Å². The van der Waals surface area contributed by atoms with Crippen LogP contribution in [0, 0.1) is 11.8 Å². The molecule has 0 aliphatic carbocycles. The molecule has 2 saturated heterocycles. The second-order valence-corrected chi connectivity index (χ2v) is 5.92. The largest absolute Gasteiger partial charge is 0.393 e. The summed E-state index contributed by atoms with van der Waals surface area (Å²) in [6.07, 6.45) is 3.70. The highest BCUT2D eigenvalue weighted by atomic mass is 16.3. The average molecular weight is 254 g/mol. The second kappa shape index (κ2) is 5.91. The van der Waals surface area contributed by atoms with Crippen molar-refractivity contribution >= 4 is 6.03 Å². The summed E-state index contributed by atoms with van der Waals surface area (Å²) in [7, 11) is 0. The SMILES string of the molecule is CCC1CN(C(=O)N2CCC(C)CC2)CCC1O. The van der Waals surface area contributed by atoms with Crippen LogP contribution >= 0.6 is 0 Å². The average Bonchev–Trinajstić information content (AvgIpc) is 2.39. The van der Waals surface area contributed by atoms with Crippen LogP contribution in [0.25, 0.3) is 0 Å². The minimum Gasteiger partial charge on any atom is -0.393 e. The van der Waals surface area contributed by atoms with Crippen LogP contribution in [0.15, 0.2) is 0 Å². The molecule has 2 rings (SSSR count). The molecule has 2 fully saturated rings. The van der Waals surface area contributed by atoms with Gasteiger partial charge in [0.25, 0.3) is 0 Å². The van der Waals surface area contributed by atoms with Crippen LogP contribution in [-0.2, 0) is 0 Å². The zero-order valence-electron chi connectivity index (χ0n) is 11.6. The van der Waals surface area contributed by atoms with Gasteiger partial charge in [0, 0.05) is 32.1 Å². The Morgan fingerprint density at radius 3 is 2.39 bits per heavy atom. The Hall–Kier alpha value is -0.770. The molecule has 2 aliphatic heterocycles. The number of rotatable bonds is 1. The molecule has 2 atom stereocenters. The van der Waals surface area contributed by atoms with Crippen LogP contribution in [0.5, 0.6) is 0 Å². The van der Waals surface area contributed by atoms with Gasteiger partial charge in [-0.15, -0.1) is 0 Å². The quantitative estimate of drug-likeness (QED) is 0.777. The van der Waals surface area contributed by atoms with Gasteiger partial charge in [-0.25, -0.2) is 4.79 Å². The molecule has 4 nitrogen and oxygen atoms in total. The minimum atomic E-state index is -0.222. The maximum atomic E-state index is 12.4. The van der Waals surface area contributed by atoms with E-state index in [0.29, 0.717) is 6.54 Å². The Kier molecular flexibility index (Phi) is 4.49. The standard InChI is InChI=1S/C14H26N2O2/c1-3-12-10-16(9-6-13(12)17)14(18)15-7-4-11(2)5-8-15/h11-13,17H,3-10H2,1-2H3. The summed E-state index contributed by atoms with van der Waals surface area (Å²) >= 11 is 0. The van der Waals surface area contributed by atoms with E-state index >= 15 is 0 Å². The fourth-order valence-corrected chi connectivity index (χ4v) is 2.99. The predicted molar refractivity (Wildman–Crippen MR) is 71.3 cm³/mol. The summed E-state index contributed by atoms with van der Waals surface area (Å²) in [6, 6.07) is 0.187. The van der Waals surface area contributed by atoms with Crippen molar-refractivity contribution in [3.63, 3.8) is 0 Å². The zero-order valence-corrected chi connectivity index (χ0v) is 11.6. The van der Waals surface area contributed by atoms with Crippen molar-refractivity contribution in [2.24, 2.45) is 11.8 Å². The second-order valence-electron chi connectivity index (χ2n) is 5.92. The Bertz CT molecular complexity index is 288. The zero-order chi connectivity index (χ0) is 13.1. The maximum Gasteiger partial charge on any atom is 0.320 e. The van der Waals surface area contributed by atoms with Crippen molar-refractivity contribution in [3.05, 3.63) is 0 Å². The molecule has 18 heavy (non-hydrogen) atoms. The van der Waals surface area contributed by atoms with Crippen LogP contribution in [-0.4, -0.2) is 53.2 Å². The lowest BCUT2D eigenvalue weighted by Crippen LogP contribution is -2.52. The molecule has 0 aromatic rings. The smallest absolute Gasteiger partial charge is 0.320 e. The van der Waals surface area contributed by atoms with Gasteiger partial charge in [0.05, 0.1) is 6.10 Å².